The normalized spacial score (nSPS) is 25.6. The third-order valence-corrected chi connectivity index (χ3v) is 3.27. The van der Waals surface area contributed by atoms with Crippen LogP contribution in [0.5, 0.6) is 0 Å². The van der Waals surface area contributed by atoms with Gasteiger partial charge in [0, 0.05) is 11.9 Å². The Bertz CT molecular complexity index is 332. The molecule has 3 nitrogen and oxygen atoms in total. The molecule has 88 valence electrons. The summed E-state index contributed by atoms with van der Waals surface area (Å²) in [6.45, 7) is 2.90. The lowest BCUT2D eigenvalue weighted by Gasteiger charge is -2.26. The van der Waals surface area contributed by atoms with Crippen LogP contribution in [0.2, 0.25) is 0 Å². The van der Waals surface area contributed by atoms with Gasteiger partial charge in [0.15, 0.2) is 0 Å². The molecule has 1 aromatic heterocycles. The molecule has 1 aliphatic carbocycles. The van der Waals surface area contributed by atoms with E-state index in [0.717, 1.165) is 17.3 Å². The van der Waals surface area contributed by atoms with Crippen molar-refractivity contribution in [2.45, 2.75) is 45.3 Å². The zero-order valence-electron chi connectivity index (χ0n) is 9.86. The van der Waals surface area contributed by atoms with Gasteiger partial charge in [0.2, 0.25) is 0 Å². The highest BCUT2D eigenvalue weighted by molar-refractivity contribution is 5.36. The van der Waals surface area contributed by atoms with Crippen molar-refractivity contribution in [2.75, 3.05) is 5.73 Å². The zero-order valence-corrected chi connectivity index (χ0v) is 9.86. The summed E-state index contributed by atoms with van der Waals surface area (Å²) in [5.41, 5.74) is 7.37. The van der Waals surface area contributed by atoms with E-state index in [-0.39, 0.29) is 0 Å². The second kappa shape index (κ2) is 5.30. The van der Waals surface area contributed by atoms with Crippen molar-refractivity contribution in [1.29, 1.82) is 0 Å². The second-order valence-corrected chi connectivity index (χ2v) is 4.77. The largest absolute Gasteiger partial charge is 0.399 e. The van der Waals surface area contributed by atoms with Gasteiger partial charge in [-0.05, 0) is 43.7 Å². The fourth-order valence-corrected chi connectivity index (χ4v) is 2.18. The Morgan fingerprint density at radius 1 is 1.38 bits per heavy atom. The SMILES string of the molecule is CC1CCC(OCc2cc(N)ccn2)CC1. The summed E-state index contributed by atoms with van der Waals surface area (Å²) in [6.07, 6.45) is 7.09. The number of ether oxygens (including phenoxy) is 1. The van der Waals surface area contributed by atoms with Crippen molar-refractivity contribution in [2.24, 2.45) is 5.92 Å². The average Bonchev–Trinajstić information content (AvgIpc) is 2.28. The fraction of sp³-hybridized carbons (Fsp3) is 0.615. The van der Waals surface area contributed by atoms with Crippen molar-refractivity contribution < 1.29 is 4.74 Å². The predicted octanol–water partition coefficient (Wildman–Crippen LogP) is 2.76. The molecule has 3 heteroatoms. The number of rotatable bonds is 3. The monoisotopic (exact) mass is 220 g/mol. The molecular weight excluding hydrogens is 200 g/mol. The van der Waals surface area contributed by atoms with E-state index in [9.17, 15) is 0 Å². The number of aromatic nitrogens is 1. The van der Waals surface area contributed by atoms with Crippen LogP contribution in [-0.2, 0) is 11.3 Å². The molecule has 0 spiro atoms. The molecule has 0 radical (unpaired) electrons. The highest BCUT2D eigenvalue weighted by Crippen LogP contribution is 2.26. The van der Waals surface area contributed by atoms with Gasteiger partial charge in [0.25, 0.3) is 0 Å². The number of hydrogen-bond acceptors (Lipinski definition) is 3. The highest BCUT2D eigenvalue weighted by atomic mass is 16.5. The van der Waals surface area contributed by atoms with Crippen LogP contribution in [0, 0.1) is 5.92 Å². The molecule has 1 aromatic rings. The summed E-state index contributed by atoms with van der Waals surface area (Å²) in [6, 6.07) is 3.68. The minimum Gasteiger partial charge on any atom is -0.399 e. The molecule has 2 N–H and O–H groups in total. The maximum absolute atomic E-state index is 5.85. The summed E-state index contributed by atoms with van der Waals surface area (Å²) >= 11 is 0. The van der Waals surface area contributed by atoms with Gasteiger partial charge >= 0.3 is 0 Å². The molecular formula is C13H20N2O. The third-order valence-electron chi connectivity index (χ3n) is 3.27. The first-order chi connectivity index (χ1) is 7.74. The molecule has 0 bridgehead atoms. The van der Waals surface area contributed by atoms with Gasteiger partial charge in [-0.25, -0.2) is 0 Å². The molecule has 0 saturated heterocycles. The lowest BCUT2D eigenvalue weighted by molar-refractivity contribution is 0.00730. The van der Waals surface area contributed by atoms with Crippen molar-refractivity contribution >= 4 is 5.69 Å². The Labute approximate surface area is 97.0 Å². The molecule has 0 aliphatic heterocycles. The molecule has 1 saturated carbocycles. The van der Waals surface area contributed by atoms with Crippen LogP contribution in [0.15, 0.2) is 18.3 Å². The first-order valence-corrected chi connectivity index (χ1v) is 6.06. The minimum absolute atomic E-state index is 0.416. The van der Waals surface area contributed by atoms with Crippen molar-refractivity contribution in [3.05, 3.63) is 24.0 Å². The summed E-state index contributed by atoms with van der Waals surface area (Å²) in [4.78, 5) is 4.23. The molecule has 0 aromatic carbocycles. The smallest absolute Gasteiger partial charge is 0.0892 e. The lowest BCUT2D eigenvalue weighted by Crippen LogP contribution is -2.20. The predicted molar refractivity (Wildman–Crippen MR) is 64.9 cm³/mol. The number of nitrogens with two attached hydrogens (primary N) is 1. The van der Waals surface area contributed by atoms with E-state index in [1.54, 1.807) is 12.3 Å². The number of hydrogen-bond donors (Lipinski definition) is 1. The molecule has 16 heavy (non-hydrogen) atoms. The molecule has 0 atom stereocenters. The summed E-state index contributed by atoms with van der Waals surface area (Å²) < 4.78 is 5.85. The Morgan fingerprint density at radius 2 is 2.12 bits per heavy atom. The van der Waals surface area contributed by atoms with Crippen LogP contribution in [0.25, 0.3) is 0 Å². The van der Waals surface area contributed by atoms with Gasteiger partial charge in [-0.2, -0.15) is 0 Å². The van der Waals surface area contributed by atoms with Crippen molar-refractivity contribution in [3.63, 3.8) is 0 Å². The summed E-state index contributed by atoms with van der Waals surface area (Å²) in [5.74, 6) is 0.866. The number of nitrogen functional groups attached to an aromatic ring is 1. The van der Waals surface area contributed by atoms with Crippen LogP contribution >= 0.6 is 0 Å². The van der Waals surface area contributed by atoms with Gasteiger partial charge < -0.3 is 10.5 Å². The lowest BCUT2D eigenvalue weighted by atomic mass is 9.89. The van der Waals surface area contributed by atoms with Crippen LogP contribution in [0.3, 0.4) is 0 Å². The maximum Gasteiger partial charge on any atom is 0.0892 e. The maximum atomic E-state index is 5.85. The first kappa shape index (κ1) is 11.4. The van der Waals surface area contributed by atoms with E-state index in [1.165, 1.54) is 25.7 Å². The van der Waals surface area contributed by atoms with Gasteiger partial charge in [-0.1, -0.05) is 6.92 Å². The van der Waals surface area contributed by atoms with E-state index in [4.69, 9.17) is 10.5 Å². The molecule has 1 heterocycles. The van der Waals surface area contributed by atoms with Gasteiger partial charge in [0.1, 0.15) is 0 Å². The van der Waals surface area contributed by atoms with Gasteiger partial charge in [0.05, 0.1) is 18.4 Å². The topological polar surface area (TPSA) is 48.1 Å². The van der Waals surface area contributed by atoms with E-state index in [1.807, 2.05) is 6.07 Å². The molecule has 1 fully saturated rings. The van der Waals surface area contributed by atoms with Crippen LogP contribution in [0.1, 0.15) is 38.3 Å². The third kappa shape index (κ3) is 3.20. The van der Waals surface area contributed by atoms with E-state index in [0.29, 0.717) is 12.7 Å². The van der Waals surface area contributed by atoms with E-state index < -0.39 is 0 Å². The minimum atomic E-state index is 0.416. The Hall–Kier alpha value is -1.09. The average molecular weight is 220 g/mol. The van der Waals surface area contributed by atoms with Crippen molar-refractivity contribution in [3.8, 4) is 0 Å². The van der Waals surface area contributed by atoms with Crippen LogP contribution in [-0.4, -0.2) is 11.1 Å². The first-order valence-electron chi connectivity index (χ1n) is 6.06. The fourth-order valence-electron chi connectivity index (χ4n) is 2.18. The van der Waals surface area contributed by atoms with Crippen LogP contribution < -0.4 is 5.73 Å². The quantitative estimate of drug-likeness (QED) is 0.852. The summed E-state index contributed by atoms with van der Waals surface area (Å²) in [5, 5.41) is 0. The number of anilines is 1. The van der Waals surface area contributed by atoms with E-state index >= 15 is 0 Å². The van der Waals surface area contributed by atoms with Gasteiger partial charge in [-0.3, -0.25) is 4.98 Å². The number of pyridine rings is 1. The number of nitrogens with zero attached hydrogens (tertiary/aromatic N) is 1. The Kier molecular flexibility index (Phi) is 3.78. The zero-order chi connectivity index (χ0) is 11.4. The molecule has 0 unspecified atom stereocenters. The second-order valence-electron chi connectivity index (χ2n) is 4.77. The van der Waals surface area contributed by atoms with Crippen LogP contribution in [0.4, 0.5) is 5.69 Å². The Balaban J connectivity index is 1.79. The van der Waals surface area contributed by atoms with Crippen molar-refractivity contribution in [1.82, 2.24) is 4.98 Å². The highest BCUT2D eigenvalue weighted by Gasteiger charge is 2.18. The summed E-state index contributed by atoms with van der Waals surface area (Å²) in [7, 11) is 0. The van der Waals surface area contributed by atoms with E-state index in [2.05, 4.69) is 11.9 Å². The molecule has 2 rings (SSSR count). The standard InChI is InChI=1S/C13H20N2O/c1-10-2-4-13(5-3-10)16-9-12-8-11(14)6-7-15-12/h6-8,10,13H,2-5,9H2,1H3,(H2,14,15). The molecule has 0 amide bonds. The Morgan fingerprint density at radius 3 is 2.81 bits per heavy atom. The van der Waals surface area contributed by atoms with Gasteiger partial charge in [-0.15, -0.1) is 0 Å². The molecule has 1 aliphatic rings.